The molecule has 0 radical (unpaired) electrons. The van der Waals surface area contributed by atoms with Crippen LogP contribution in [0.5, 0.6) is 0 Å². The van der Waals surface area contributed by atoms with E-state index < -0.39 is 23.8 Å². The summed E-state index contributed by atoms with van der Waals surface area (Å²) < 4.78 is 1.44. The van der Waals surface area contributed by atoms with Crippen molar-refractivity contribution in [1.29, 1.82) is 0 Å². The zero-order valence-corrected chi connectivity index (χ0v) is 23.6. The number of rotatable bonds is 13. The van der Waals surface area contributed by atoms with Crippen molar-refractivity contribution in [3.63, 3.8) is 0 Å². The summed E-state index contributed by atoms with van der Waals surface area (Å²) in [7, 11) is 0. The average Bonchev–Trinajstić information content (AvgIpc) is 3.53. The first kappa shape index (κ1) is 30.6. The van der Waals surface area contributed by atoms with Crippen LogP contribution in [0.4, 0.5) is 5.69 Å². The molecule has 4 aromatic rings. The molecule has 4 rings (SSSR count). The third-order valence-electron chi connectivity index (χ3n) is 6.18. The van der Waals surface area contributed by atoms with Crippen LogP contribution >= 0.6 is 11.6 Å². The highest BCUT2D eigenvalue weighted by Gasteiger charge is 2.21. The maximum atomic E-state index is 13.3. The van der Waals surface area contributed by atoms with E-state index in [1.54, 1.807) is 48.5 Å². The minimum Gasteiger partial charge on any atom is -0.481 e. The number of halogens is 1. The number of aliphatic carboxylic acids is 1. The van der Waals surface area contributed by atoms with Crippen LogP contribution in [0.1, 0.15) is 34.3 Å². The summed E-state index contributed by atoms with van der Waals surface area (Å²) in [5, 5.41) is 28.5. The number of hydrogen-bond acceptors (Lipinski definition) is 7. The number of nitrogens with zero attached hydrogens (tertiary/aromatic N) is 4. The molecule has 0 aliphatic rings. The zero-order chi connectivity index (χ0) is 30.6. The van der Waals surface area contributed by atoms with Gasteiger partial charge in [0.05, 0.1) is 5.69 Å². The lowest BCUT2D eigenvalue weighted by molar-refractivity contribution is -0.137. The van der Waals surface area contributed by atoms with E-state index in [4.69, 9.17) is 16.7 Å². The molecule has 0 spiro atoms. The molecule has 1 atom stereocenters. The molecular weight excluding hydrogens is 574 g/mol. The Labute approximate surface area is 251 Å². The number of carbonyl (C=O) groups is 4. The maximum Gasteiger partial charge on any atom is 0.303 e. The Hall–Kier alpha value is -5.36. The van der Waals surface area contributed by atoms with Crippen LogP contribution in [-0.2, 0) is 20.8 Å². The second-order valence-corrected chi connectivity index (χ2v) is 9.80. The SMILES string of the molecule is O=C(O)CCCNC(=O)c1ccc(NC(=O)C(Cc2ccccc2)NC(=O)C=Cc2cc(Cl)ccc2-n2cnnn2)cc1. The molecule has 220 valence electrons. The topological polar surface area (TPSA) is 168 Å². The third kappa shape index (κ3) is 9.33. The summed E-state index contributed by atoms with van der Waals surface area (Å²) in [6.45, 7) is 0.231. The van der Waals surface area contributed by atoms with Gasteiger partial charge in [0.15, 0.2) is 0 Å². The summed E-state index contributed by atoms with van der Waals surface area (Å²) in [5.74, 6) is -2.24. The van der Waals surface area contributed by atoms with Gasteiger partial charge in [-0.05, 0) is 71.0 Å². The first-order valence-corrected chi connectivity index (χ1v) is 13.6. The number of amides is 3. The first-order chi connectivity index (χ1) is 20.8. The fourth-order valence-corrected chi connectivity index (χ4v) is 4.24. The van der Waals surface area contributed by atoms with E-state index in [0.29, 0.717) is 33.9 Å². The molecule has 0 bridgehead atoms. The Kier molecular flexibility index (Phi) is 10.7. The van der Waals surface area contributed by atoms with Gasteiger partial charge in [-0.1, -0.05) is 41.9 Å². The summed E-state index contributed by atoms with van der Waals surface area (Å²) in [4.78, 5) is 49.2. The van der Waals surface area contributed by atoms with Crippen molar-refractivity contribution in [2.75, 3.05) is 11.9 Å². The van der Waals surface area contributed by atoms with Crippen LogP contribution < -0.4 is 16.0 Å². The Balaban J connectivity index is 1.43. The Bertz CT molecular complexity index is 1590. The number of anilines is 1. The third-order valence-corrected chi connectivity index (χ3v) is 6.42. The van der Waals surface area contributed by atoms with Gasteiger partial charge in [-0.2, -0.15) is 4.68 Å². The monoisotopic (exact) mass is 601 g/mol. The van der Waals surface area contributed by atoms with Crippen molar-refractivity contribution >= 4 is 47.1 Å². The Morgan fingerprint density at radius 2 is 1.77 bits per heavy atom. The highest BCUT2D eigenvalue weighted by Crippen LogP contribution is 2.20. The van der Waals surface area contributed by atoms with E-state index in [1.165, 1.54) is 17.1 Å². The van der Waals surface area contributed by atoms with Crippen LogP contribution in [0, 0.1) is 0 Å². The van der Waals surface area contributed by atoms with E-state index in [0.717, 1.165) is 5.56 Å². The summed E-state index contributed by atoms with van der Waals surface area (Å²) in [6, 6.07) is 19.6. The smallest absolute Gasteiger partial charge is 0.303 e. The van der Waals surface area contributed by atoms with Crippen molar-refractivity contribution in [2.24, 2.45) is 0 Å². The van der Waals surface area contributed by atoms with Gasteiger partial charge in [0.2, 0.25) is 11.8 Å². The number of tetrazole rings is 1. The molecule has 1 aromatic heterocycles. The van der Waals surface area contributed by atoms with Crippen molar-refractivity contribution < 1.29 is 24.3 Å². The molecule has 1 unspecified atom stereocenters. The van der Waals surface area contributed by atoms with E-state index in [-0.39, 0.29) is 25.3 Å². The van der Waals surface area contributed by atoms with Crippen LogP contribution in [0.25, 0.3) is 11.8 Å². The molecule has 3 aromatic carbocycles. The second kappa shape index (κ2) is 15.0. The maximum absolute atomic E-state index is 13.3. The van der Waals surface area contributed by atoms with E-state index in [1.807, 2.05) is 30.3 Å². The van der Waals surface area contributed by atoms with Gasteiger partial charge in [0.1, 0.15) is 12.4 Å². The van der Waals surface area contributed by atoms with Gasteiger partial charge in [-0.15, -0.1) is 5.10 Å². The van der Waals surface area contributed by atoms with Gasteiger partial charge in [-0.25, -0.2) is 0 Å². The number of aromatic nitrogens is 4. The predicted octanol–water partition coefficient (Wildman–Crippen LogP) is 3.29. The molecule has 12 nitrogen and oxygen atoms in total. The summed E-state index contributed by atoms with van der Waals surface area (Å²) in [5.41, 5.74) is 2.83. The fraction of sp³-hybridized carbons (Fsp3) is 0.167. The largest absolute Gasteiger partial charge is 0.481 e. The number of carbonyl (C=O) groups excluding carboxylic acids is 3. The number of hydrogen-bond donors (Lipinski definition) is 4. The van der Waals surface area contributed by atoms with Crippen molar-refractivity contribution in [3.8, 4) is 5.69 Å². The normalized spacial score (nSPS) is 11.6. The molecule has 3 amide bonds. The summed E-state index contributed by atoms with van der Waals surface area (Å²) >= 11 is 6.16. The van der Waals surface area contributed by atoms with Crippen molar-refractivity contribution in [2.45, 2.75) is 25.3 Å². The van der Waals surface area contributed by atoms with E-state index in [9.17, 15) is 19.2 Å². The zero-order valence-electron chi connectivity index (χ0n) is 22.8. The number of nitrogens with one attached hydrogen (secondary N) is 3. The van der Waals surface area contributed by atoms with Gasteiger partial charge in [-0.3, -0.25) is 19.2 Å². The molecule has 4 N–H and O–H groups in total. The lowest BCUT2D eigenvalue weighted by Crippen LogP contribution is -2.44. The van der Waals surface area contributed by atoms with E-state index in [2.05, 4.69) is 31.5 Å². The van der Waals surface area contributed by atoms with Crippen LogP contribution in [0.15, 0.2) is 85.2 Å². The molecule has 43 heavy (non-hydrogen) atoms. The average molecular weight is 602 g/mol. The molecular formula is C30H28ClN7O5. The van der Waals surface area contributed by atoms with Gasteiger partial charge >= 0.3 is 5.97 Å². The highest BCUT2D eigenvalue weighted by molar-refractivity contribution is 6.30. The molecule has 0 aliphatic carbocycles. The minimum atomic E-state index is -0.928. The van der Waals surface area contributed by atoms with Gasteiger partial charge < -0.3 is 21.1 Å². The second-order valence-electron chi connectivity index (χ2n) is 9.36. The molecule has 1 heterocycles. The quantitative estimate of drug-likeness (QED) is 0.134. The van der Waals surface area contributed by atoms with Crippen LogP contribution in [0.3, 0.4) is 0 Å². The molecule has 13 heteroatoms. The number of carboxylic acids is 1. The Morgan fingerprint density at radius 3 is 2.47 bits per heavy atom. The molecule has 0 saturated carbocycles. The summed E-state index contributed by atoms with van der Waals surface area (Å²) in [6.07, 6.45) is 4.79. The van der Waals surface area contributed by atoms with Crippen molar-refractivity contribution in [1.82, 2.24) is 30.8 Å². The lowest BCUT2D eigenvalue weighted by Gasteiger charge is -2.18. The molecule has 0 saturated heterocycles. The fourth-order valence-electron chi connectivity index (χ4n) is 4.06. The molecule has 0 aliphatic heterocycles. The van der Waals surface area contributed by atoms with Crippen molar-refractivity contribution in [3.05, 3.63) is 107 Å². The molecule has 0 fully saturated rings. The standard InChI is InChI=1S/C30H28ClN7O5/c31-23-11-14-26(38-19-33-36-37-38)22(18-23)10-15-27(39)35-25(17-20-5-2-1-3-6-20)30(43)34-24-12-8-21(9-13-24)29(42)32-16-4-7-28(40)41/h1-3,5-6,8-15,18-19,25H,4,7,16-17H2,(H,32,42)(H,34,43)(H,35,39)(H,40,41). The van der Waals surface area contributed by atoms with Crippen LogP contribution in [-0.4, -0.2) is 61.6 Å². The van der Waals surface area contributed by atoms with Gasteiger partial charge in [0, 0.05) is 47.3 Å². The van der Waals surface area contributed by atoms with Crippen LogP contribution in [0.2, 0.25) is 5.02 Å². The number of benzene rings is 3. The van der Waals surface area contributed by atoms with Gasteiger partial charge in [0.25, 0.3) is 5.91 Å². The highest BCUT2D eigenvalue weighted by atomic mass is 35.5. The van der Waals surface area contributed by atoms with E-state index >= 15 is 0 Å². The lowest BCUT2D eigenvalue weighted by atomic mass is 10.0. The number of carboxylic acid groups (broad SMARTS) is 1. The predicted molar refractivity (Wildman–Crippen MR) is 160 cm³/mol. The first-order valence-electron chi connectivity index (χ1n) is 13.2. The minimum absolute atomic E-state index is 0.0376. The Morgan fingerprint density at radius 1 is 1.00 bits per heavy atom.